The SMILES string of the molecule is [2H]c1cc([2H])c2c(c1)c1c([2H])c([2H])c3c4c([2H])c([2H])cc([2H])c4n(-c4ccccc4)c3c1n2-c1cccc2oc3cccc(-c4nc(-c5ccccc5)nc(-c5ccccc5)n4)c3c12. The topological polar surface area (TPSA) is 61.7 Å². The molecular weight excluding hydrogens is 699 g/mol. The molecule has 0 atom stereocenters. The Hall–Kier alpha value is -7.83. The molecule has 4 heterocycles. The van der Waals surface area contributed by atoms with E-state index in [0.717, 1.165) is 11.1 Å². The number of para-hydroxylation sites is 3. The molecule has 57 heavy (non-hydrogen) atoms. The van der Waals surface area contributed by atoms with E-state index in [4.69, 9.17) is 22.1 Å². The van der Waals surface area contributed by atoms with Gasteiger partial charge in [-0.1, -0.05) is 145 Å². The highest BCUT2D eigenvalue weighted by Gasteiger charge is 2.25. The third-order valence-electron chi connectivity index (χ3n) is 10.6. The molecule has 6 heteroatoms. The number of hydrogen-bond acceptors (Lipinski definition) is 4. The molecule has 0 N–H and O–H groups in total. The van der Waals surface area contributed by atoms with Crippen molar-refractivity contribution in [2.24, 2.45) is 0 Å². The minimum Gasteiger partial charge on any atom is -0.456 e. The molecule has 8 aromatic carbocycles. The summed E-state index contributed by atoms with van der Waals surface area (Å²) in [7, 11) is 0. The van der Waals surface area contributed by atoms with Crippen LogP contribution in [0.2, 0.25) is 0 Å². The average molecular weight is 737 g/mol. The molecule has 0 radical (unpaired) electrons. The van der Waals surface area contributed by atoms with E-state index in [0.29, 0.717) is 89.2 Å². The first kappa shape index (κ1) is 25.3. The van der Waals surface area contributed by atoms with E-state index in [1.54, 1.807) is 6.07 Å². The molecule has 0 spiro atoms. The Morgan fingerprint density at radius 3 is 1.72 bits per heavy atom. The fraction of sp³-hybridized carbons (Fsp3) is 0. The Morgan fingerprint density at radius 2 is 1.00 bits per heavy atom. The van der Waals surface area contributed by atoms with Crippen LogP contribution in [0.3, 0.4) is 0 Å². The molecule has 266 valence electrons. The van der Waals surface area contributed by atoms with E-state index in [-0.39, 0.29) is 53.1 Å². The predicted octanol–water partition coefficient (Wildman–Crippen LogP) is 13.0. The van der Waals surface area contributed by atoms with Gasteiger partial charge in [-0.15, -0.1) is 0 Å². The van der Waals surface area contributed by atoms with Gasteiger partial charge in [0, 0.05) is 49.3 Å². The lowest BCUT2D eigenvalue weighted by Crippen LogP contribution is -2.01. The molecule has 6 nitrogen and oxygen atoms in total. The zero-order valence-corrected chi connectivity index (χ0v) is 30.0. The standard InChI is InChI=1S/C51H31N5O/c1-4-16-32(17-5-1)49-52-50(33-18-6-2-7-19-33)54-51(53-49)39-24-14-28-43-45(39)46-42(27-15-29-44(46)57-43)56-41-26-13-11-23-36(41)38-31-30-37-35-22-10-12-25-40(35)55(47(37)48(38)56)34-20-8-3-9-21-34/h1-31H/i10D,11D,22D,25D,26D,30D,31D. The van der Waals surface area contributed by atoms with Crippen LogP contribution in [0.1, 0.15) is 9.60 Å². The molecule has 0 aliphatic rings. The minimum absolute atomic E-state index is 0.0120. The normalized spacial score (nSPS) is 13.6. The number of benzene rings is 8. The zero-order valence-electron chi connectivity index (χ0n) is 37.0. The van der Waals surface area contributed by atoms with Crippen LogP contribution in [-0.2, 0) is 0 Å². The lowest BCUT2D eigenvalue weighted by Gasteiger charge is -2.14. The van der Waals surface area contributed by atoms with Crippen molar-refractivity contribution < 1.29 is 14.0 Å². The van der Waals surface area contributed by atoms with E-state index in [9.17, 15) is 6.85 Å². The number of fused-ring (bicyclic) bond motifs is 10. The van der Waals surface area contributed by atoms with Crippen LogP contribution in [0.5, 0.6) is 0 Å². The molecule has 0 aliphatic carbocycles. The second-order valence-corrected chi connectivity index (χ2v) is 13.8. The largest absolute Gasteiger partial charge is 0.456 e. The molecule has 0 amide bonds. The van der Waals surface area contributed by atoms with Crippen LogP contribution in [0.4, 0.5) is 0 Å². The number of nitrogens with zero attached hydrogens (tertiary/aromatic N) is 5. The van der Waals surface area contributed by atoms with Crippen molar-refractivity contribution in [1.29, 1.82) is 0 Å². The maximum atomic E-state index is 9.70. The summed E-state index contributed by atoms with van der Waals surface area (Å²) in [4.78, 5) is 15.1. The minimum atomic E-state index is -0.186. The van der Waals surface area contributed by atoms with Crippen molar-refractivity contribution in [2.75, 3.05) is 0 Å². The molecule has 0 saturated heterocycles. The molecule has 0 bridgehead atoms. The Labute approximate surface area is 336 Å². The lowest BCUT2D eigenvalue weighted by atomic mass is 10.0. The Kier molecular flexibility index (Phi) is 5.48. The van der Waals surface area contributed by atoms with E-state index >= 15 is 0 Å². The summed E-state index contributed by atoms with van der Waals surface area (Å²) in [5.41, 5.74) is 6.19. The van der Waals surface area contributed by atoms with Crippen LogP contribution >= 0.6 is 0 Å². The van der Waals surface area contributed by atoms with Gasteiger partial charge in [0.05, 0.1) is 42.7 Å². The number of aromatic nitrogens is 5. The third kappa shape index (κ3) is 4.74. The summed E-state index contributed by atoms with van der Waals surface area (Å²) in [5, 5.41) is 2.58. The van der Waals surface area contributed by atoms with Crippen LogP contribution < -0.4 is 0 Å². The molecular formula is C51H31N5O. The van der Waals surface area contributed by atoms with Crippen LogP contribution in [0.15, 0.2) is 192 Å². The first-order chi connectivity index (χ1) is 31.2. The van der Waals surface area contributed by atoms with Gasteiger partial charge in [-0.05, 0) is 42.4 Å². The van der Waals surface area contributed by atoms with Crippen LogP contribution in [-0.4, -0.2) is 24.1 Å². The van der Waals surface area contributed by atoms with Gasteiger partial charge >= 0.3 is 0 Å². The first-order valence-corrected chi connectivity index (χ1v) is 18.5. The van der Waals surface area contributed by atoms with E-state index < -0.39 is 0 Å². The summed E-state index contributed by atoms with van der Waals surface area (Å²) >= 11 is 0. The monoisotopic (exact) mass is 736 g/mol. The highest BCUT2D eigenvalue weighted by atomic mass is 16.3. The maximum Gasteiger partial charge on any atom is 0.164 e. The summed E-state index contributed by atoms with van der Waals surface area (Å²) in [5.74, 6) is 1.39. The van der Waals surface area contributed by atoms with Gasteiger partial charge in [0.2, 0.25) is 0 Å². The molecule has 0 saturated carbocycles. The highest BCUT2D eigenvalue weighted by Crippen LogP contribution is 2.45. The van der Waals surface area contributed by atoms with Crippen molar-refractivity contribution in [1.82, 2.24) is 24.1 Å². The number of furan rings is 1. The van der Waals surface area contributed by atoms with Crippen LogP contribution in [0, 0.1) is 0 Å². The van der Waals surface area contributed by atoms with Gasteiger partial charge in [0.25, 0.3) is 0 Å². The van der Waals surface area contributed by atoms with Gasteiger partial charge in [-0.2, -0.15) is 0 Å². The van der Waals surface area contributed by atoms with E-state index in [1.165, 1.54) is 12.1 Å². The van der Waals surface area contributed by atoms with E-state index in [1.807, 2.05) is 137 Å². The predicted molar refractivity (Wildman–Crippen MR) is 232 cm³/mol. The molecule has 12 aromatic rings. The number of hydrogen-bond donors (Lipinski definition) is 0. The van der Waals surface area contributed by atoms with Gasteiger partial charge in [-0.25, -0.2) is 15.0 Å². The molecule has 0 unspecified atom stereocenters. The summed E-state index contributed by atoms with van der Waals surface area (Å²) in [6, 6.07) is 44.1. The Balaban J connectivity index is 1.28. The van der Waals surface area contributed by atoms with E-state index in [2.05, 4.69) is 0 Å². The second-order valence-electron chi connectivity index (χ2n) is 13.8. The first-order valence-electron chi connectivity index (χ1n) is 22.0. The summed E-state index contributed by atoms with van der Waals surface area (Å²) in [6.07, 6.45) is 0. The Morgan fingerprint density at radius 1 is 0.421 bits per heavy atom. The van der Waals surface area contributed by atoms with Crippen molar-refractivity contribution in [2.45, 2.75) is 0 Å². The highest BCUT2D eigenvalue weighted by molar-refractivity contribution is 6.25. The number of rotatable bonds is 5. The zero-order chi connectivity index (χ0) is 43.5. The van der Waals surface area contributed by atoms with Gasteiger partial charge in [0.15, 0.2) is 17.5 Å². The van der Waals surface area contributed by atoms with Crippen LogP contribution in [0.25, 0.3) is 111 Å². The van der Waals surface area contributed by atoms with Crippen molar-refractivity contribution in [3.05, 3.63) is 188 Å². The van der Waals surface area contributed by atoms with Crippen molar-refractivity contribution in [3.8, 4) is 45.5 Å². The average Bonchev–Trinajstić information content (AvgIpc) is 4.00. The quantitative estimate of drug-likeness (QED) is 0.176. The molecule has 12 rings (SSSR count). The van der Waals surface area contributed by atoms with Gasteiger partial charge < -0.3 is 13.6 Å². The summed E-state index contributed by atoms with van der Waals surface area (Å²) in [6.45, 7) is 0. The van der Waals surface area contributed by atoms with Crippen molar-refractivity contribution in [3.63, 3.8) is 0 Å². The summed E-state index contributed by atoms with van der Waals surface area (Å²) < 4.78 is 75.2. The Bertz CT molecular complexity index is 3870. The third-order valence-corrected chi connectivity index (χ3v) is 10.6. The maximum absolute atomic E-state index is 9.70. The second kappa shape index (κ2) is 12.3. The molecule has 0 fully saturated rings. The lowest BCUT2D eigenvalue weighted by molar-refractivity contribution is 0.669. The molecule has 4 aromatic heterocycles. The van der Waals surface area contributed by atoms with Gasteiger partial charge in [0.1, 0.15) is 11.2 Å². The smallest absolute Gasteiger partial charge is 0.164 e. The fourth-order valence-electron chi connectivity index (χ4n) is 8.20. The van der Waals surface area contributed by atoms with Gasteiger partial charge in [-0.3, -0.25) is 0 Å². The van der Waals surface area contributed by atoms with Crippen molar-refractivity contribution >= 4 is 65.6 Å². The molecule has 0 aliphatic heterocycles. The fourth-order valence-corrected chi connectivity index (χ4v) is 8.20.